The van der Waals surface area contributed by atoms with Crippen LogP contribution in [0.25, 0.3) is 0 Å². The molecular formula is C12H10Cl2N4O3. The first-order valence-corrected chi connectivity index (χ1v) is 6.37. The lowest BCUT2D eigenvalue weighted by Crippen LogP contribution is -2.18. The van der Waals surface area contributed by atoms with Gasteiger partial charge in [0.1, 0.15) is 12.1 Å². The first-order chi connectivity index (χ1) is 9.95. The lowest BCUT2D eigenvalue weighted by atomic mass is 10.3. The number of para-hydroxylation sites is 1. The molecule has 0 saturated heterocycles. The molecular weight excluding hydrogens is 319 g/mol. The lowest BCUT2D eigenvalue weighted by Gasteiger charge is -2.08. The number of nitrogen functional groups attached to an aromatic ring is 1. The van der Waals surface area contributed by atoms with Crippen molar-refractivity contribution < 1.29 is 14.3 Å². The normalized spacial score (nSPS) is 10.2. The van der Waals surface area contributed by atoms with Gasteiger partial charge in [-0.05, 0) is 12.1 Å². The van der Waals surface area contributed by atoms with Crippen LogP contribution in [-0.2, 0) is 4.74 Å². The maximum Gasteiger partial charge on any atom is 0.420 e. The van der Waals surface area contributed by atoms with Crippen LogP contribution in [0.5, 0.6) is 0 Å². The van der Waals surface area contributed by atoms with Gasteiger partial charge in [-0.2, -0.15) is 0 Å². The number of nitrogens with one attached hydrogen (secondary N) is 1. The molecule has 0 unspecified atom stereocenters. The number of anilines is 2. The van der Waals surface area contributed by atoms with Crippen LogP contribution in [0.15, 0.2) is 24.5 Å². The lowest BCUT2D eigenvalue weighted by molar-refractivity contribution is 0.102. The summed E-state index contributed by atoms with van der Waals surface area (Å²) in [6, 6.07) is 4.78. The van der Waals surface area contributed by atoms with Gasteiger partial charge >= 0.3 is 6.09 Å². The molecule has 0 saturated carbocycles. The molecule has 0 aliphatic carbocycles. The summed E-state index contributed by atoms with van der Waals surface area (Å²) in [4.78, 5) is 27.3. The van der Waals surface area contributed by atoms with Crippen molar-refractivity contribution in [3.63, 3.8) is 0 Å². The van der Waals surface area contributed by atoms with Gasteiger partial charge in [-0.15, -0.1) is 0 Å². The van der Waals surface area contributed by atoms with E-state index in [1.54, 1.807) is 18.2 Å². The highest BCUT2D eigenvalue weighted by Gasteiger charge is 2.20. The molecule has 0 fully saturated rings. The minimum absolute atomic E-state index is 0.142. The number of rotatable bonds is 2. The van der Waals surface area contributed by atoms with Crippen LogP contribution >= 0.6 is 23.2 Å². The Bertz CT molecular complexity index is 694. The van der Waals surface area contributed by atoms with E-state index in [0.29, 0.717) is 0 Å². The van der Waals surface area contributed by atoms with Gasteiger partial charge in [0.2, 0.25) is 0 Å². The van der Waals surface area contributed by atoms with Gasteiger partial charge in [0.25, 0.3) is 5.91 Å². The number of imidazole rings is 1. The maximum atomic E-state index is 12.1. The standard InChI is InChI=1S/C12H10Cl2N4O3/c1-21-12(20)18-5-16-9(10(18)15)11(19)17-8-6(13)3-2-4-7(8)14/h2-5H,15H2,1H3,(H,17,19). The molecule has 0 aliphatic heterocycles. The second kappa shape index (κ2) is 6.02. The fourth-order valence-electron chi connectivity index (χ4n) is 1.57. The fraction of sp³-hybridized carbons (Fsp3) is 0.0833. The van der Waals surface area contributed by atoms with Gasteiger partial charge in [-0.1, -0.05) is 29.3 Å². The Balaban J connectivity index is 2.30. The summed E-state index contributed by atoms with van der Waals surface area (Å²) < 4.78 is 5.40. The van der Waals surface area contributed by atoms with E-state index in [9.17, 15) is 9.59 Å². The zero-order chi connectivity index (χ0) is 15.6. The van der Waals surface area contributed by atoms with Crippen LogP contribution in [0.2, 0.25) is 10.0 Å². The van der Waals surface area contributed by atoms with Gasteiger partial charge in [0.15, 0.2) is 5.69 Å². The van der Waals surface area contributed by atoms with E-state index in [4.69, 9.17) is 28.9 Å². The maximum absolute atomic E-state index is 12.1. The van der Waals surface area contributed by atoms with Crippen molar-refractivity contribution in [2.75, 3.05) is 18.2 Å². The van der Waals surface area contributed by atoms with Crippen molar-refractivity contribution in [1.82, 2.24) is 9.55 Å². The first kappa shape index (κ1) is 15.1. The highest BCUT2D eigenvalue weighted by Crippen LogP contribution is 2.30. The average Bonchev–Trinajstić information content (AvgIpc) is 2.84. The van der Waals surface area contributed by atoms with Crippen LogP contribution in [0.4, 0.5) is 16.3 Å². The third kappa shape index (κ3) is 2.93. The number of halogens is 2. The number of amides is 1. The van der Waals surface area contributed by atoms with Crippen LogP contribution in [0.3, 0.4) is 0 Å². The van der Waals surface area contributed by atoms with Gasteiger partial charge in [0.05, 0.1) is 22.8 Å². The molecule has 0 spiro atoms. The van der Waals surface area contributed by atoms with E-state index in [2.05, 4.69) is 15.0 Å². The highest BCUT2D eigenvalue weighted by atomic mass is 35.5. The second-order valence-electron chi connectivity index (χ2n) is 3.87. The number of nitrogens with zero attached hydrogens (tertiary/aromatic N) is 2. The van der Waals surface area contributed by atoms with E-state index < -0.39 is 12.0 Å². The number of hydrogen-bond acceptors (Lipinski definition) is 5. The van der Waals surface area contributed by atoms with Crippen LogP contribution in [-0.4, -0.2) is 28.7 Å². The molecule has 1 aromatic heterocycles. The minimum atomic E-state index is -0.755. The van der Waals surface area contributed by atoms with Gasteiger partial charge < -0.3 is 15.8 Å². The number of ether oxygens (including phenoxy) is 1. The first-order valence-electron chi connectivity index (χ1n) is 5.62. The van der Waals surface area contributed by atoms with Gasteiger partial charge in [-0.25, -0.2) is 14.3 Å². The number of methoxy groups -OCH3 is 1. The number of carbonyl (C=O) groups excluding carboxylic acids is 2. The molecule has 21 heavy (non-hydrogen) atoms. The SMILES string of the molecule is COC(=O)n1cnc(C(=O)Nc2c(Cl)cccc2Cl)c1N. The predicted molar refractivity (Wildman–Crippen MR) is 78.9 cm³/mol. The molecule has 2 rings (SSSR count). The van der Waals surface area contributed by atoms with E-state index >= 15 is 0 Å². The Kier molecular flexibility index (Phi) is 4.35. The molecule has 0 atom stereocenters. The molecule has 7 nitrogen and oxygen atoms in total. The van der Waals surface area contributed by atoms with E-state index in [0.717, 1.165) is 10.9 Å². The Morgan fingerprint density at radius 2 is 1.95 bits per heavy atom. The third-order valence-electron chi connectivity index (χ3n) is 2.59. The van der Waals surface area contributed by atoms with Crippen LogP contribution in [0.1, 0.15) is 10.5 Å². The summed E-state index contributed by atoms with van der Waals surface area (Å²) in [5.74, 6) is -0.798. The molecule has 1 heterocycles. The smallest absolute Gasteiger partial charge is 0.420 e. The number of hydrogen-bond donors (Lipinski definition) is 2. The quantitative estimate of drug-likeness (QED) is 0.882. The second-order valence-corrected chi connectivity index (χ2v) is 4.68. The highest BCUT2D eigenvalue weighted by molar-refractivity contribution is 6.40. The average molecular weight is 329 g/mol. The van der Waals surface area contributed by atoms with Crippen molar-refractivity contribution in [3.8, 4) is 0 Å². The summed E-state index contributed by atoms with van der Waals surface area (Å²) in [6.07, 6.45) is 0.333. The Morgan fingerprint density at radius 3 is 2.52 bits per heavy atom. The summed E-state index contributed by atoms with van der Waals surface area (Å²) in [5.41, 5.74) is 5.78. The molecule has 3 N–H and O–H groups in total. The van der Waals surface area contributed by atoms with Crippen molar-refractivity contribution in [1.29, 1.82) is 0 Å². The number of benzene rings is 1. The van der Waals surface area contributed by atoms with Crippen molar-refractivity contribution >= 4 is 46.7 Å². The van der Waals surface area contributed by atoms with Crippen molar-refractivity contribution in [2.24, 2.45) is 0 Å². The number of nitrogens with two attached hydrogens (primary N) is 1. The monoisotopic (exact) mass is 328 g/mol. The molecule has 110 valence electrons. The van der Waals surface area contributed by atoms with Gasteiger partial charge in [-0.3, -0.25) is 4.79 Å². The van der Waals surface area contributed by atoms with Crippen LogP contribution in [0, 0.1) is 0 Å². The van der Waals surface area contributed by atoms with E-state index in [1.165, 1.54) is 7.11 Å². The summed E-state index contributed by atoms with van der Waals surface area (Å²) >= 11 is 11.9. The molecule has 2 aromatic rings. The molecule has 0 bridgehead atoms. The molecule has 0 aliphatic rings. The van der Waals surface area contributed by atoms with Crippen molar-refractivity contribution in [3.05, 3.63) is 40.3 Å². The van der Waals surface area contributed by atoms with E-state index in [-0.39, 0.29) is 27.2 Å². The van der Waals surface area contributed by atoms with Crippen LogP contribution < -0.4 is 11.1 Å². The van der Waals surface area contributed by atoms with Gasteiger partial charge in [0, 0.05) is 0 Å². The Labute approximate surface area is 129 Å². The third-order valence-corrected chi connectivity index (χ3v) is 3.22. The predicted octanol–water partition coefficient (Wildman–Crippen LogP) is 2.64. The molecule has 0 radical (unpaired) electrons. The zero-order valence-corrected chi connectivity index (χ0v) is 12.3. The summed E-state index contributed by atoms with van der Waals surface area (Å²) in [7, 11) is 1.19. The summed E-state index contributed by atoms with van der Waals surface area (Å²) in [6.45, 7) is 0. The molecule has 1 aromatic carbocycles. The largest absolute Gasteiger partial charge is 0.452 e. The summed E-state index contributed by atoms with van der Waals surface area (Å²) in [5, 5.41) is 3.03. The Morgan fingerprint density at radius 1 is 1.33 bits per heavy atom. The van der Waals surface area contributed by atoms with Crippen molar-refractivity contribution in [2.45, 2.75) is 0 Å². The fourth-order valence-corrected chi connectivity index (χ4v) is 2.06. The zero-order valence-electron chi connectivity index (χ0n) is 10.8. The number of aromatic nitrogens is 2. The number of carbonyl (C=O) groups is 2. The molecule has 1 amide bonds. The van der Waals surface area contributed by atoms with E-state index in [1.807, 2.05) is 0 Å². The topological polar surface area (TPSA) is 99.2 Å². The minimum Gasteiger partial charge on any atom is -0.452 e. The Hall–Kier alpha value is -2.25. The molecule has 9 heteroatoms.